The molecule has 0 bridgehead atoms. The Morgan fingerprint density at radius 3 is 2.81 bits per heavy atom. The van der Waals surface area contributed by atoms with Crippen LogP contribution in [0.25, 0.3) is 0 Å². The Kier molecular flexibility index (Phi) is 5.70. The molecule has 2 rings (SSSR count). The molecule has 0 N–H and O–H groups in total. The SMILES string of the molecule is C[C@H]1[C@H](CC(=O)N(C)C)COCCN1Cc1ccncc1. The minimum Gasteiger partial charge on any atom is -0.380 e. The number of hydrogen-bond donors (Lipinski definition) is 0. The Morgan fingerprint density at radius 1 is 1.43 bits per heavy atom. The van der Waals surface area contributed by atoms with E-state index in [2.05, 4.69) is 16.8 Å². The first-order valence-corrected chi connectivity index (χ1v) is 7.48. The summed E-state index contributed by atoms with van der Waals surface area (Å²) in [6.07, 6.45) is 4.18. The maximum absolute atomic E-state index is 12.0. The van der Waals surface area contributed by atoms with Gasteiger partial charge in [-0.3, -0.25) is 14.7 Å². The van der Waals surface area contributed by atoms with Gasteiger partial charge in [-0.25, -0.2) is 0 Å². The fourth-order valence-electron chi connectivity index (χ4n) is 2.64. The lowest BCUT2D eigenvalue weighted by Crippen LogP contribution is -2.40. The number of amides is 1. The second-order valence-electron chi connectivity index (χ2n) is 5.89. The van der Waals surface area contributed by atoms with Crippen molar-refractivity contribution in [1.82, 2.24) is 14.8 Å². The summed E-state index contributed by atoms with van der Waals surface area (Å²) in [5.41, 5.74) is 1.25. The number of ether oxygens (including phenoxy) is 1. The Morgan fingerprint density at radius 2 is 2.14 bits per heavy atom. The van der Waals surface area contributed by atoms with Crippen LogP contribution in [0.3, 0.4) is 0 Å². The summed E-state index contributed by atoms with van der Waals surface area (Å²) in [5.74, 6) is 0.408. The maximum atomic E-state index is 12.0. The first-order chi connectivity index (χ1) is 10.1. The minimum absolute atomic E-state index is 0.168. The van der Waals surface area contributed by atoms with E-state index in [0.717, 1.165) is 19.7 Å². The molecule has 21 heavy (non-hydrogen) atoms. The number of carbonyl (C=O) groups is 1. The number of aromatic nitrogens is 1. The zero-order valence-corrected chi connectivity index (χ0v) is 13.2. The van der Waals surface area contributed by atoms with Crippen molar-refractivity contribution in [1.29, 1.82) is 0 Å². The van der Waals surface area contributed by atoms with Crippen LogP contribution in [0.15, 0.2) is 24.5 Å². The largest absolute Gasteiger partial charge is 0.380 e. The second-order valence-corrected chi connectivity index (χ2v) is 5.89. The molecule has 0 saturated carbocycles. The molecule has 5 heteroatoms. The van der Waals surface area contributed by atoms with E-state index in [0.29, 0.717) is 19.1 Å². The molecule has 1 fully saturated rings. The maximum Gasteiger partial charge on any atom is 0.222 e. The van der Waals surface area contributed by atoms with Crippen molar-refractivity contribution in [2.24, 2.45) is 5.92 Å². The quantitative estimate of drug-likeness (QED) is 0.841. The molecule has 0 spiro atoms. The van der Waals surface area contributed by atoms with Crippen LogP contribution in [0.4, 0.5) is 0 Å². The lowest BCUT2D eigenvalue weighted by atomic mass is 9.96. The summed E-state index contributed by atoms with van der Waals surface area (Å²) in [6.45, 7) is 5.36. The van der Waals surface area contributed by atoms with Gasteiger partial charge in [0.2, 0.25) is 5.91 Å². The Bertz CT molecular complexity index is 450. The standard InChI is InChI=1S/C16H25N3O2/c1-13-15(10-16(20)18(2)3)12-21-9-8-19(13)11-14-4-6-17-7-5-14/h4-7,13,15H,8-12H2,1-3H3/t13-,15+/m0/s1. The van der Waals surface area contributed by atoms with Gasteiger partial charge in [-0.1, -0.05) is 0 Å². The molecule has 1 aliphatic rings. The number of rotatable bonds is 4. The van der Waals surface area contributed by atoms with E-state index >= 15 is 0 Å². The van der Waals surface area contributed by atoms with Crippen molar-refractivity contribution in [2.75, 3.05) is 33.9 Å². The highest BCUT2D eigenvalue weighted by Crippen LogP contribution is 2.21. The molecule has 1 amide bonds. The molecule has 1 aliphatic heterocycles. The topological polar surface area (TPSA) is 45.7 Å². The van der Waals surface area contributed by atoms with Gasteiger partial charge >= 0.3 is 0 Å². The fraction of sp³-hybridized carbons (Fsp3) is 0.625. The fourth-order valence-corrected chi connectivity index (χ4v) is 2.64. The summed E-state index contributed by atoms with van der Waals surface area (Å²) in [7, 11) is 3.61. The Balaban J connectivity index is 2.02. The van der Waals surface area contributed by atoms with Gasteiger partial charge < -0.3 is 9.64 Å². The number of carbonyl (C=O) groups excluding carboxylic acids is 1. The van der Waals surface area contributed by atoms with Crippen molar-refractivity contribution in [3.63, 3.8) is 0 Å². The van der Waals surface area contributed by atoms with Crippen molar-refractivity contribution >= 4 is 5.91 Å². The highest BCUT2D eigenvalue weighted by molar-refractivity contribution is 5.75. The first kappa shape index (κ1) is 15.9. The van der Waals surface area contributed by atoms with Gasteiger partial charge in [0.1, 0.15) is 0 Å². The van der Waals surface area contributed by atoms with Gasteiger partial charge in [-0.2, -0.15) is 0 Å². The van der Waals surface area contributed by atoms with E-state index in [9.17, 15) is 4.79 Å². The molecule has 2 atom stereocenters. The molecule has 0 aromatic carbocycles. The average Bonchev–Trinajstić information content (AvgIpc) is 2.64. The lowest BCUT2D eigenvalue weighted by Gasteiger charge is -2.31. The van der Waals surface area contributed by atoms with Crippen molar-refractivity contribution in [2.45, 2.75) is 25.9 Å². The predicted molar refractivity (Wildman–Crippen MR) is 81.7 cm³/mol. The van der Waals surface area contributed by atoms with Gasteiger partial charge in [-0.05, 0) is 24.6 Å². The van der Waals surface area contributed by atoms with Gasteiger partial charge in [0.15, 0.2) is 0 Å². The van der Waals surface area contributed by atoms with Crippen molar-refractivity contribution < 1.29 is 9.53 Å². The number of pyridine rings is 1. The molecular formula is C16H25N3O2. The van der Waals surface area contributed by atoms with Crippen LogP contribution in [0, 0.1) is 5.92 Å². The smallest absolute Gasteiger partial charge is 0.222 e. The van der Waals surface area contributed by atoms with E-state index in [4.69, 9.17) is 4.74 Å². The summed E-state index contributed by atoms with van der Waals surface area (Å²) in [5, 5.41) is 0. The molecule has 116 valence electrons. The molecule has 2 heterocycles. The van der Waals surface area contributed by atoms with Crippen molar-refractivity contribution in [3.05, 3.63) is 30.1 Å². The van der Waals surface area contributed by atoms with E-state index in [1.54, 1.807) is 19.0 Å². The summed E-state index contributed by atoms with van der Waals surface area (Å²) in [4.78, 5) is 20.1. The van der Waals surface area contributed by atoms with Crippen LogP contribution in [-0.2, 0) is 16.1 Å². The summed E-state index contributed by atoms with van der Waals surface area (Å²) >= 11 is 0. The predicted octanol–water partition coefficient (Wildman–Crippen LogP) is 1.40. The van der Waals surface area contributed by atoms with Crippen LogP contribution < -0.4 is 0 Å². The second kappa shape index (κ2) is 7.52. The highest BCUT2D eigenvalue weighted by atomic mass is 16.5. The number of hydrogen-bond acceptors (Lipinski definition) is 4. The Hall–Kier alpha value is -1.46. The third kappa shape index (κ3) is 4.51. The molecule has 0 aliphatic carbocycles. The van der Waals surface area contributed by atoms with Gasteiger partial charge in [0.25, 0.3) is 0 Å². The first-order valence-electron chi connectivity index (χ1n) is 7.48. The van der Waals surface area contributed by atoms with Crippen LogP contribution in [-0.4, -0.2) is 60.6 Å². The molecular weight excluding hydrogens is 266 g/mol. The molecule has 5 nitrogen and oxygen atoms in total. The molecule has 0 radical (unpaired) electrons. The van der Waals surface area contributed by atoms with Gasteiger partial charge in [0, 0.05) is 58.0 Å². The monoisotopic (exact) mass is 291 g/mol. The zero-order valence-electron chi connectivity index (χ0n) is 13.2. The summed E-state index contributed by atoms with van der Waals surface area (Å²) < 4.78 is 5.70. The normalized spacial score (nSPS) is 23.6. The molecule has 1 aromatic heterocycles. The van der Waals surface area contributed by atoms with E-state index in [1.807, 2.05) is 24.5 Å². The van der Waals surface area contributed by atoms with E-state index in [1.165, 1.54) is 5.56 Å². The van der Waals surface area contributed by atoms with E-state index in [-0.39, 0.29) is 11.8 Å². The average molecular weight is 291 g/mol. The zero-order chi connectivity index (χ0) is 15.2. The molecule has 0 unspecified atom stereocenters. The molecule has 1 aromatic rings. The minimum atomic E-state index is 0.168. The van der Waals surface area contributed by atoms with E-state index < -0.39 is 0 Å². The highest BCUT2D eigenvalue weighted by Gasteiger charge is 2.28. The van der Waals surface area contributed by atoms with Crippen LogP contribution in [0.2, 0.25) is 0 Å². The lowest BCUT2D eigenvalue weighted by molar-refractivity contribution is -0.130. The van der Waals surface area contributed by atoms with Crippen LogP contribution >= 0.6 is 0 Å². The van der Waals surface area contributed by atoms with Crippen LogP contribution in [0.1, 0.15) is 18.9 Å². The summed E-state index contributed by atoms with van der Waals surface area (Å²) in [6, 6.07) is 4.40. The molecule has 1 saturated heterocycles. The van der Waals surface area contributed by atoms with Crippen LogP contribution in [0.5, 0.6) is 0 Å². The van der Waals surface area contributed by atoms with Gasteiger partial charge in [0.05, 0.1) is 13.2 Å². The third-order valence-corrected chi connectivity index (χ3v) is 4.18. The number of nitrogens with zero attached hydrogens (tertiary/aromatic N) is 3. The van der Waals surface area contributed by atoms with Gasteiger partial charge in [-0.15, -0.1) is 0 Å². The van der Waals surface area contributed by atoms with Crippen molar-refractivity contribution in [3.8, 4) is 0 Å². The Labute approximate surface area is 126 Å². The third-order valence-electron chi connectivity index (χ3n) is 4.18.